The van der Waals surface area contributed by atoms with Crippen LogP contribution in [0.15, 0.2) is 36.4 Å². The van der Waals surface area contributed by atoms with Gasteiger partial charge in [0.2, 0.25) is 0 Å². The standard InChI is InChI=1S/C14H16N6O2/c1-10-3-2-4-12(7-10)22-9-11(21)8-15-13-5-6-14-16-18-19-20(14)17-13/h2-7,11,21H,8-9H2,1H3,(H,15,17). The highest BCUT2D eigenvalue weighted by molar-refractivity contribution is 5.42. The number of anilines is 1. The molecule has 0 bridgehead atoms. The van der Waals surface area contributed by atoms with Gasteiger partial charge < -0.3 is 15.2 Å². The number of nitrogens with one attached hydrogen (secondary N) is 1. The van der Waals surface area contributed by atoms with Gasteiger partial charge in [0.05, 0.1) is 0 Å². The van der Waals surface area contributed by atoms with Gasteiger partial charge in [-0.15, -0.1) is 14.8 Å². The largest absolute Gasteiger partial charge is 0.491 e. The van der Waals surface area contributed by atoms with E-state index >= 15 is 0 Å². The number of aliphatic hydroxyl groups is 1. The van der Waals surface area contributed by atoms with Crippen LogP contribution in [0.4, 0.5) is 5.82 Å². The van der Waals surface area contributed by atoms with Gasteiger partial charge in [-0.2, -0.15) is 0 Å². The topological polar surface area (TPSA) is 97.5 Å². The number of aliphatic hydroxyl groups excluding tert-OH is 1. The Morgan fingerprint density at radius 2 is 2.23 bits per heavy atom. The Balaban J connectivity index is 1.50. The first-order valence-electron chi connectivity index (χ1n) is 6.87. The number of fused-ring (bicyclic) bond motifs is 1. The Hall–Kier alpha value is -2.74. The molecule has 8 heteroatoms. The van der Waals surface area contributed by atoms with Crippen molar-refractivity contribution in [1.29, 1.82) is 0 Å². The molecule has 1 unspecified atom stereocenters. The minimum absolute atomic E-state index is 0.198. The third kappa shape index (κ3) is 3.47. The zero-order chi connectivity index (χ0) is 15.4. The summed E-state index contributed by atoms with van der Waals surface area (Å²) in [5, 5.41) is 28.1. The molecule has 2 heterocycles. The van der Waals surface area contributed by atoms with Crippen molar-refractivity contribution in [3.05, 3.63) is 42.0 Å². The second-order valence-electron chi connectivity index (χ2n) is 4.91. The molecule has 22 heavy (non-hydrogen) atoms. The highest BCUT2D eigenvalue weighted by Gasteiger charge is 2.07. The van der Waals surface area contributed by atoms with Gasteiger partial charge >= 0.3 is 0 Å². The predicted molar refractivity (Wildman–Crippen MR) is 79.7 cm³/mol. The number of ether oxygens (including phenoxy) is 1. The van der Waals surface area contributed by atoms with E-state index in [9.17, 15) is 5.11 Å². The summed E-state index contributed by atoms with van der Waals surface area (Å²) < 4.78 is 6.86. The SMILES string of the molecule is Cc1cccc(OCC(O)CNc2ccc3nnnn3n2)c1. The lowest BCUT2D eigenvalue weighted by Crippen LogP contribution is -2.26. The average molecular weight is 300 g/mol. The molecule has 0 spiro atoms. The van der Waals surface area contributed by atoms with Gasteiger partial charge in [-0.1, -0.05) is 12.1 Å². The molecule has 3 aromatic rings. The average Bonchev–Trinajstić information content (AvgIpc) is 2.98. The van der Waals surface area contributed by atoms with E-state index in [0.29, 0.717) is 18.0 Å². The summed E-state index contributed by atoms with van der Waals surface area (Å²) in [5.41, 5.74) is 1.68. The second kappa shape index (κ2) is 6.35. The van der Waals surface area contributed by atoms with Crippen LogP contribution in [-0.2, 0) is 0 Å². The van der Waals surface area contributed by atoms with Crippen LogP contribution in [0.3, 0.4) is 0 Å². The van der Waals surface area contributed by atoms with Crippen LogP contribution >= 0.6 is 0 Å². The second-order valence-corrected chi connectivity index (χ2v) is 4.91. The molecule has 0 saturated heterocycles. The quantitative estimate of drug-likeness (QED) is 0.690. The van der Waals surface area contributed by atoms with Crippen LogP contribution in [0.1, 0.15) is 5.56 Å². The number of hydrogen-bond donors (Lipinski definition) is 2. The Kier molecular flexibility index (Phi) is 4.10. The minimum atomic E-state index is -0.660. The fourth-order valence-electron chi connectivity index (χ4n) is 1.92. The molecule has 1 aromatic carbocycles. The number of aryl methyl sites for hydroxylation is 1. The van der Waals surface area contributed by atoms with E-state index in [0.717, 1.165) is 11.3 Å². The number of nitrogens with zero attached hydrogens (tertiary/aromatic N) is 5. The van der Waals surface area contributed by atoms with Gasteiger partial charge in [0.15, 0.2) is 5.65 Å². The molecule has 114 valence electrons. The number of benzene rings is 1. The van der Waals surface area contributed by atoms with Crippen LogP contribution < -0.4 is 10.1 Å². The zero-order valence-electron chi connectivity index (χ0n) is 12.0. The Morgan fingerprint density at radius 3 is 3.09 bits per heavy atom. The molecule has 0 radical (unpaired) electrons. The molecule has 0 amide bonds. The Morgan fingerprint density at radius 1 is 1.32 bits per heavy atom. The molecule has 0 aliphatic carbocycles. The van der Waals surface area contributed by atoms with Crippen molar-refractivity contribution in [2.75, 3.05) is 18.5 Å². The van der Waals surface area contributed by atoms with Crippen molar-refractivity contribution >= 4 is 11.5 Å². The molecule has 3 rings (SSSR count). The Bertz CT molecular complexity index is 760. The highest BCUT2D eigenvalue weighted by Crippen LogP contribution is 2.12. The number of hydrogen-bond acceptors (Lipinski definition) is 7. The number of tetrazole rings is 1. The normalized spacial score (nSPS) is 12.3. The minimum Gasteiger partial charge on any atom is -0.491 e. The van der Waals surface area contributed by atoms with Crippen molar-refractivity contribution < 1.29 is 9.84 Å². The molecule has 0 aliphatic heterocycles. The molecular formula is C14H16N6O2. The van der Waals surface area contributed by atoms with Crippen LogP contribution in [-0.4, -0.2) is 49.6 Å². The molecular weight excluding hydrogens is 284 g/mol. The van der Waals surface area contributed by atoms with E-state index in [-0.39, 0.29) is 6.61 Å². The van der Waals surface area contributed by atoms with Gasteiger partial charge in [0.25, 0.3) is 0 Å². The van der Waals surface area contributed by atoms with Crippen LogP contribution in [0.2, 0.25) is 0 Å². The maximum atomic E-state index is 9.95. The molecule has 0 fully saturated rings. The summed E-state index contributed by atoms with van der Waals surface area (Å²) in [7, 11) is 0. The van der Waals surface area contributed by atoms with Gasteiger partial charge in [-0.25, -0.2) is 0 Å². The molecule has 8 nitrogen and oxygen atoms in total. The van der Waals surface area contributed by atoms with E-state index in [1.54, 1.807) is 12.1 Å². The molecule has 0 saturated carbocycles. The van der Waals surface area contributed by atoms with E-state index in [2.05, 4.69) is 25.9 Å². The summed E-state index contributed by atoms with van der Waals surface area (Å²) in [6.07, 6.45) is -0.660. The summed E-state index contributed by atoms with van der Waals surface area (Å²) in [5.74, 6) is 1.32. The predicted octanol–water partition coefficient (Wildman–Crippen LogP) is 0.680. The van der Waals surface area contributed by atoms with E-state index in [1.807, 2.05) is 31.2 Å². The monoisotopic (exact) mass is 300 g/mol. The third-order valence-electron chi connectivity index (χ3n) is 3.02. The number of aromatic nitrogens is 5. The molecule has 1 atom stereocenters. The summed E-state index contributed by atoms with van der Waals surface area (Å²) in [6.45, 7) is 2.50. The zero-order valence-corrected chi connectivity index (χ0v) is 12.0. The fourth-order valence-corrected chi connectivity index (χ4v) is 1.92. The summed E-state index contributed by atoms with van der Waals surface area (Å²) >= 11 is 0. The summed E-state index contributed by atoms with van der Waals surface area (Å²) in [6, 6.07) is 11.2. The van der Waals surface area contributed by atoms with Gasteiger partial charge in [-0.05, 0) is 47.2 Å². The fraction of sp³-hybridized carbons (Fsp3) is 0.286. The lowest BCUT2D eigenvalue weighted by molar-refractivity contribution is 0.117. The molecule has 2 aromatic heterocycles. The van der Waals surface area contributed by atoms with Gasteiger partial charge in [-0.3, -0.25) is 0 Å². The maximum Gasteiger partial charge on any atom is 0.200 e. The third-order valence-corrected chi connectivity index (χ3v) is 3.02. The molecule has 0 aliphatic rings. The lowest BCUT2D eigenvalue weighted by Gasteiger charge is -2.13. The Labute approximate surface area is 126 Å². The van der Waals surface area contributed by atoms with Gasteiger partial charge in [0, 0.05) is 6.54 Å². The van der Waals surface area contributed by atoms with E-state index in [4.69, 9.17) is 4.74 Å². The van der Waals surface area contributed by atoms with Crippen LogP contribution in [0, 0.1) is 6.92 Å². The molecule has 2 N–H and O–H groups in total. The first-order chi connectivity index (χ1) is 10.7. The number of rotatable bonds is 6. The van der Waals surface area contributed by atoms with Crippen molar-refractivity contribution in [2.24, 2.45) is 0 Å². The lowest BCUT2D eigenvalue weighted by atomic mass is 10.2. The van der Waals surface area contributed by atoms with Crippen molar-refractivity contribution in [2.45, 2.75) is 13.0 Å². The van der Waals surface area contributed by atoms with Crippen LogP contribution in [0.5, 0.6) is 5.75 Å². The van der Waals surface area contributed by atoms with Gasteiger partial charge in [0.1, 0.15) is 24.3 Å². The first-order valence-corrected chi connectivity index (χ1v) is 6.87. The smallest absolute Gasteiger partial charge is 0.200 e. The van der Waals surface area contributed by atoms with Crippen molar-refractivity contribution in [1.82, 2.24) is 25.3 Å². The van der Waals surface area contributed by atoms with E-state index < -0.39 is 6.10 Å². The van der Waals surface area contributed by atoms with Crippen LogP contribution in [0.25, 0.3) is 5.65 Å². The highest BCUT2D eigenvalue weighted by atomic mass is 16.5. The maximum absolute atomic E-state index is 9.95. The van der Waals surface area contributed by atoms with Crippen molar-refractivity contribution in [3.8, 4) is 5.75 Å². The van der Waals surface area contributed by atoms with Crippen molar-refractivity contribution in [3.63, 3.8) is 0 Å². The van der Waals surface area contributed by atoms with E-state index in [1.165, 1.54) is 4.63 Å². The summed E-state index contributed by atoms with van der Waals surface area (Å²) in [4.78, 5) is 0. The first kappa shape index (κ1) is 14.2.